The van der Waals surface area contributed by atoms with Crippen LogP contribution in [0.1, 0.15) is 10.4 Å². The van der Waals surface area contributed by atoms with Gasteiger partial charge in [-0.1, -0.05) is 11.3 Å². The van der Waals surface area contributed by atoms with E-state index in [1.165, 1.54) is 36.3 Å². The zero-order valence-corrected chi connectivity index (χ0v) is 13.8. The first-order valence-corrected chi connectivity index (χ1v) is 7.71. The molecule has 0 radical (unpaired) electrons. The predicted octanol–water partition coefficient (Wildman–Crippen LogP) is 0.944. The van der Waals surface area contributed by atoms with Crippen molar-refractivity contribution in [2.24, 2.45) is 0 Å². The monoisotopic (exact) mass is 354 g/mol. The van der Waals surface area contributed by atoms with Gasteiger partial charge in [0.15, 0.2) is 5.82 Å². The third kappa shape index (κ3) is 3.72. The van der Waals surface area contributed by atoms with E-state index in [4.69, 9.17) is 0 Å². The van der Waals surface area contributed by atoms with Crippen LogP contribution in [-0.2, 0) is 4.79 Å². The summed E-state index contributed by atoms with van der Waals surface area (Å²) in [5.74, 6) is -1.19. The van der Waals surface area contributed by atoms with Gasteiger partial charge in [0.2, 0.25) is 5.91 Å². The van der Waals surface area contributed by atoms with Gasteiger partial charge in [0.1, 0.15) is 11.4 Å². The molecule has 9 heteroatoms. The first-order chi connectivity index (χ1) is 12.6. The van der Waals surface area contributed by atoms with E-state index in [1.807, 2.05) is 0 Å². The Hall–Kier alpha value is -3.62. The molecule has 0 aliphatic carbocycles. The molecule has 132 valence electrons. The molecule has 3 aromatic rings. The second-order valence-corrected chi connectivity index (χ2v) is 5.29. The topological polar surface area (TPSA) is 102 Å². The highest BCUT2D eigenvalue weighted by molar-refractivity contribution is 5.96. The van der Waals surface area contributed by atoms with Crippen molar-refractivity contribution in [3.05, 3.63) is 60.2 Å². The van der Waals surface area contributed by atoms with Gasteiger partial charge >= 0.3 is 0 Å². The number of pyridine rings is 1. The van der Waals surface area contributed by atoms with Crippen LogP contribution in [0.3, 0.4) is 0 Å². The number of likely N-dealkylation sites (N-methyl/N-ethyl adjacent to an activating group) is 1. The normalized spacial score (nSPS) is 10.4. The van der Waals surface area contributed by atoms with Crippen LogP contribution in [0.15, 0.2) is 48.8 Å². The molecule has 0 fully saturated rings. The van der Waals surface area contributed by atoms with Gasteiger partial charge in [0.25, 0.3) is 5.91 Å². The van der Waals surface area contributed by atoms with Gasteiger partial charge in [-0.25, -0.2) is 9.07 Å². The Kier molecular flexibility index (Phi) is 4.97. The Morgan fingerprint density at radius 2 is 2.08 bits per heavy atom. The highest BCUT2D eigenvalue weighted by Crippen LogP contribution is 2.18. The first kappa shape index (κ1) is 17.2. The van der Waals surface area contributed by atoms with Crippen LogP contribution in [-0.4, -0.2) is 45.4 Å². The summed E-state index contributed by atoms with van der Waals surface area (Å²) in [6, 6.07) is 9.38. The average molecular weight is 354 g/mol. The van der Waals surface area contributed by atoms with E-state index >= 15 is 0 Å². The van der Waals surface area contributed by atoms with Gasteiger partial charge in [-0.05, 0) is 30.3 Å². The number of aromatic nitrogens is 4. The molecule has 0 saturated heterocycles. The number of amides is 2. The highest BCUT2D eigenvalue weighted by Gasteiger charge is 2.13. The lowest BCUT2D eigenvalue weighted by Gasteiger charge is -2.06. The maximum atomic E-state index is 13.8. The Labute approximate surface area is 148 Å². The fourth-order valence-electron chi connectivity index (χ4n) is 2.21. The van der Waals surface area contributed by atoms with Crippen molar-refractivity contribution in [2.45, 2.75) is 0 Å². The molecule has 0 saturated carbocycles. The fraction of sp³-hybridized carbons (Fsp3) is 0.118. The number of benzene rings is 1. The van der Waals surface area contributed by atoms with Crippen LogP contribution in [0.4, 0.5) is 4.39 Å². The first-order valence-electron chi connectivity index (χ1n) is 7.71. The van der Waals surface area contributed by atoms with Gasteiger partial charge < -0.3 is 10.6 Å². The number of carbonyl (C=O) groups excluding carboxylic acids is 2. The van der Waals surface area contributed by atoms with Crippen molar-refractivity contribution in [1.29, 1.82) is 0 Å². The van der Waals surface area contributed by atoms with E-state index in [0.29, 0.717) is 11.3 Å². The van der Waals surface area contributed by atoms with Crippen LogP contribution in [0.2, 0.25) is 0 Å². The van der Waals surface area contributed by atoms with Crippen LogP contribution in [0, 0.1) is 5.82 Å². The molecule has 0 aliphatic heterocycles. The van der Waals surface area contributed by atoms with Crippen LogP contribution in [0.5, 0.6) is 0 Å². The summed E-state index contributed by atoms with van der Waals surface area (Å²) in [6.45, 7) is -0.119. The molecular formula is C17H15FN6O2. The number of hydrogen-bond acceptors (Lipinski definition) is 5. The minimum absolute atomic E-state index is 0.0956. The molecule has 2 amide bonds. The van der Waals surface area contributed by atoms with Crippen molar-refractivity contribution >= 4 is 11.8 Å². The number of nitrogens with zero attached hydrogens (tertiary/aromatic N) is 4. The smallest absolute Gasteiger partial charge is 0.251 e. The minimum Gasteiger partial charge on any atom is -0.358 e. The Morgan fingerprint density at radius 3 is 2.85 bits per heavy atom. The molecule has 2 aromatic heterocycles. The summed E-state index contributed by atoms with van der Waals surface area (Å²) in [5, 5.41) is 12.8. The van der Waals surface area contributed by atoms with Crippen LogP contribution < -0.4 is 10.6 Å². The second-order valence-electron chi connectivity index (χ2n) is 5.29. The Bertz CT molecular complexity index is 956. The summed E-state index contributed by atoms with van der Waals surface area (Å²) in [7, 11) is 1.49. The Balaban J connectivity index is 1.82. The number of rotatable bonds is 5. The zero-order valence-electron chi connectivity index (χ0n) is 13.8. The van der Waals surface area contributed by atoms with Gasteiger partial charge in [-0.15, -0.1) is 5.10 Å². The summed E-state index contributed by atoms with van der Waals surface area (Å²) in [4.78, 5) is 27.3. The molecule has 0 aliphatic rings. The third-order valence-electron chi connectivity index (χ3n) is 3.56. The van der Waals surface area contributed by atoms with E-state index in [0.717, 1.165) is 0 Å². The molecule has 8 nitrogen and oxygen atoms in total. The van der Waals surface area contributed by atoms with Gasteiger partial charge in [-0.3, -0.25) is 14.6 Å². The van der Waals surface area contributed by atoms with Crippen molar-refractivity contribution in [2.75, 3.05) is 13.6 Å². The fourth-order valence-corrected chi connectivity index (χ4v) is 2.21. The predicted molar refractivity (Wildman–Crippen MR) is 90.9 cm³/mol. The zero-order chi connectivity index (χ0) is 18.5. The van der Waals surface area contributed by atoms with E-state index in [-0.39, 0.29) is 23.8 Å². The van der Waals surface area contributed by atoms with E-state index in [2.05, 4.69) is 25.9 Å². The third-order valence-corrected chi connectivity index (χ3v) is 3.56. The number of carbonyl (C=O) groups is 2. The SMILES string of the molecule is CNC(=O)CNC(=O)c1cccc(-n2cc(-c3ncccc3F)nn2)c1. The summed E-state index contributed by atoms with van der Waals surface area (Å²) in [5.41, 5.74) is 1.29. The maximum absolute atomic E-state index is 13.8. The van der Waals surface area contributed by atoms with Crippen molar-refractivity contribution in [3.8, 4) is 17.1 Å². The summed E-state index contributed by atoms with van der Waals surface area (Å²) in [6.07, 6.45) is 2.99. The van der Waals surface area contributed by atoms with Gasteiger partial charge in [0, 0.05) is 18.8 Å². The highest BCUT2D eigenvalue weighted by atomic mass is 19.1. The maximum Gasteiger partial charge on any atom is 0.251 e. The molecule has 0 unspecified atom stereocenters. The van der Waals surface area contributed by atoms with Gasteiger partial charge in [0.05, 0.1) is 18.4 Å². The Morgan fingerprint density at radius 1 is 1.23 bits per heavy atom. The molecule has 2 heterocycles. The lowest BCUT2D eigenvalue weighted by Crippen LogP contribution is -2.35. The van der Waals surface area contributed by atoms with Crippen LogP contribution in [0.25, 0.3) is 17.1 Å². The largest absolute Gasteiger partial charge is 0.358 e. The molecule has 0 bridgehead atoms. The lowest BCUT2D eigenvalue weighted by molar-refractivity contribution is -0.119. The summed E-state index contributed by atoms with van der Waals surface area (Å²) < 4.78 is 15.2. The van der Waals surface area contributed by atoms with Crippen molar-refractivity contribution < 1.29 is 14.0 Å². The number of nitrogens with one attached hydrogen (secondary N) is 2. The van der Waals surface area contributed by atoms with Crippen molar-refractivity contribution in [1.82, 2.24) is 30.6 Å². The van der Waals surface area contributed by atoms with Crippen LogP contribution >= 0.6 is 0 Å². The molecule has 2 N–H and O–H groups in total. The number of hydrogen-bond donors (Lipinski definition) is 2. The second kappa shape index (κ2) is 7.51. The molecule has 1 aromatic carbocycles. The average Bonchev–Trinajstić information content (AvgIpc) is 3.16. The lowest BCUT2D eigenvalue weighted by atomic mass is 10.2. The molecular weight excluding hydrogens is 339 g/mol. The van der Waals surface area contributed by atoms with E-state index in [9.17, 15) is 14.0 Å². The molecule has 0 atom stereocenters. The van der Waals surface area contributed by atoms with Crippen molar-refractivity contribution in [3.63, 3.8) is 0 Å². The van der Waals surface area contributed by atoms with E-state index in [1.54, 1.807) is 24.3 Å². The molecule has 26 heavy (non-hydrogen) atoms. The summed E-state index contributed by atoms with van der Waals surface area (Å²) >= 11 is 0. The minimum atomic E-state index is -0.498. The molecule has 3 rings (SSSR count). The quantitative estimate of drug-likeness (QED) is 0.710. The van der Waals surface area contributed by atoms with Gasteiger partial charge in [-0.2, -0.15) is 0 Å². The van der Waals surface area contributed by atoms with E-state index < -0.39 is 11.7 Å². The standard InChI is InChI=1S/C17H15FN6O2/c1-19-15(25)9-21-17(26)11-4-2-5-12(8-11)24-10-14(22-23-24)16-13(18)6-3-7-20-16/h2-8,10H,9H2,1H3,(H,19,25)(H,21,26). The number of halogens is 1. The molecule has 0 spiro atoms.